The summed E-state index contributed by atoms with van der Waals surface area (Å²) < 4.78 is 5.20. The van der Waals surface area contributed by atoms with E-state index in [1.807, 2.05) is 13.0 Å². The smallest absolute Gasteiger partial charge is 0.412 e. The largest absolute Gasteiger partial charge is 0.444 e. The number of carbonyl (C=O) groups is 1. The number of hydrogen-bond donors (Lipinski definition) is 1. The summed E-state index contributed by atoms with van der Waals surface area (Å²) in [5, 5.41) is 3.04. The standard InChI is InChI=1S/C16H18ClN3O2/c1-10-14(19-8-7-18-10)11-5-6-13(12(17)9-11)20-15(21)22-16(2,3)4/h5-9H,1-4H3,(H,20,21). The number of hydrogen-bond acceptors (Lipinski definition) is 4. The Bertz CT molecular complexity index is 696. The maximum atomic E-state index is 11.8. The molecule has 22 heavy (non-hydrogen) atoms. The maximum absolute atomic E-state index is 11.8. The minimum absolute atomic E-state index is 0.411. The molecule has 1 aromatic heterocycles. The third-order valence-corrected chi connectivity index (χ3v) is 3.07. The topological polar surface area (TPSA) is 64.1 Å². The first-order chi connectivity index (χ1) is 10.3. The molecule has 1 heterocycles. The number of rotatable bonds is 2. The van der Waals surface area contributed by atoms with Crippen LogP contribution < -0.4 is 5.32 Å². The van der Waals surface area contributed by atoms with E-state index in [4.69, 9.17) is 16.3 Å². The molecule has 0 bridgehead atoms. The molecule has 2 aromatic rings. The number of halogens is 1. The van der Waals surface area contributed by atoms with Crippen LogP contribution in [-0.2, 0) is 4.74 Å². The molecular formula is C16H18ClN3O2. The number of aryl methyl sites for hydroxylation is 1. The van der Waals surface area contributed by atoms with Gasteiger partial charge in [0.05, 0.1) is 22.1 Å². The van der Waals surface area contributed by atoms with Crippen molar-refractivity contribution < 1.29 is 9.53 Å². The monoisotopic (exact) mass is 319 g/mol. The highest BCUT2D eigenvalue weighted by Crippen LogP contribution is 2.29. The quantitative estimate of drug-likeness (QED) is 0.888. The molecule has 116 valence electrons. The van der Waals surface area contributed by atoms with Gasteiger partial charge in [0.15, 0.2) is 0 Å². The van der Waals surface area contributed by atoms with E-state index in [1.165, 1.54) is 0 Å². The molecule has 1 N–H and O–H groups in total. The van der Waals surface area contributed by atoms with Crippen molar-refractivity contribution in [2.45, 2.75) is 33.3 Å². The van der Waals surface area contributed by atoms with E-state index in [0.29, 0.717) is 10.7 Å². The van der Waals surface area contributed by atoms with Gasteiger partial charge in [0.1, 0.15) is 5.60 Å². The second-order valence-electron chi connectivity index (χ2n) is 5.81. The van der Waals surface area contributed by atoms with Gasteiger partial charge in [0, 0.05) is 18.0 Å². The lowest BCUT2D eigenvalue weighted by molar-refractivity contribution is 0.0636. The number of benzene rings is 1. The van der Waals surface area contributed by atoms with Crippen molar-refractivity contribution in [3.8, 4) is 11.3 Å². The Balaban J connectivity index is 2.20. The number of nitrogens with zero attached hydrogens (tertiary/aromatic N) is 2. The summed E-state index contributed by atoms with van der Waals surface area (Å²) in [6.07, 6.45) is 2.72. The minimum atomic E-state index is -0.562. The van der Waals surface area contributed by atoms with E-state index in [-0.39, 0.29) is 0 Å². The Labute approximate surface area is 134 Å². The van der Waals surface area contributed by atoms with Gasteiger partial charge in [-0.1, -0.05) is 17.7 Å². The van der Waals surface area contributed by atoms with Crippen molar-refractivity contribution in [1.29, 1.82) is 0 Å². The molecule has 1 aromatic carbocycles. The second kappa shape index (κ2) is 6.32. The van der Waals surface area contributed by atoms with Crippen molar-refractivity contribution in [3.05, 3.63) is 41.3 Å². The van der Waals surface area contributed by atoms with E-state index in [1.54, 1.807) is 45.3 Å². The summed E-state index contributed by atoms with van der Waals surface area (Å²) in [4.78, 5) is 20.3. The lowest BCUT2D eigenvalue weighted by Crippen LogP contribution is -2.27. The molecule has 1 amide bonds. The van der Waals surface area contributed by atoms with E-state index < -0.39 is 11.7 Å². The van der Waals surface area contributed by atoms with Crippen molar-refractivity contribution in [3.63, 3.8) is 0 Å². The molecule has 0 radical (unpaired) electrons. The predicted octanol–water partition coefficient (Wildman–Crippen LogP) is 4.45. The third kappa shape index (κ3) is 4.18. The molecule has 0 aliphatic rings. The van der Waals surface area contributed by atoms with Gasteiger partial charge in [-0.25, -0.2) is 4.79 Å². The summed E-state index contributed by atoms with van der Waals surface area (Å²) in [6, 6.07) is 5.29. The van der Waals surface area contributed by atoms with Crippen LogP contribution in [0, 0.1) is 6.92 Å². The lowest BCUT2D eigenvalue weighted by atomic mass is 10.1. The van der Waals surface area contributed by atoms with E-state index >= 15 is 0 Å². The van der Waals surface area contributed by atoms with E-state index in [9.17, 15) is 4.79 Å². The average molecular weight is 320 g/mol. The van der Waals surface area contributed by atoms with Gasteiger partial charge in [-0.05, 0) is 39.8 Å². The normalized spacial score (nSPS) is 11.1. The maximum Gasteiger partial charge on any atom is 0.412 e. The Morgan fingerprint density at radius 2 is 1.91 bits per heavy atom. The number of nitrogens with one attached hydrogen (secondary N) is 1. The van der Waals surface area contributed by atoms with Gasteiger partial charge in [0.25, 0.3) is 0 Å². The van der Waals surface area contributed by atoms with Crippen LogP contribution in [0.3, 0.4) is 0 Å². The van der Waals surface area contributed by atoms with Crippen LogP contribution in [0.25, 0.3) is 11.3 Å². The van der Waals surface area contributed by atoms with Crippen LogP contribution >= 0.6 is 11.6 Å². The zero-order valence-electron chi connectivity index (χ0n) is 13.0. The highest BCUT2D eigenvalue weighted by Gasteiger charge is 2.17. The molecule has 2 rings (SSSR count). The van der Waals surface area contributed by atoms with Crippen LogP contribution in [-0.4, -0.2) is 21.7 Å². The second-order valence-corrected chi connectivity index (χ2v) is 6.22. The van der Waals surface area contributed by atoms with E-state index in [2.05, 4.69) is 15.3 Å². The van der Waals surface area contributed by atoms with Crippen molar-refractivity contribution in [2.24, 2.45) is 0 Å². The number of ether oxygens (including phenoxy) is 1. The Morgan fingerprint density at radius 3 is 2.50 bits per heavy atom. The molecular weight excluding hydrogens is 302 g/mol. The minimum Gasteiger partial charge on any atom is -0.444 e. The molecule has 0 fully saturated rings. The highest BCUT2D eigenvalue weighted by molar-refractivity contribution is 6.34. The van der Waals surface area contributed by atoms with Crippen molar-refractivity contribution in [2.75, 3.05) is 5.32 Å². The Morgan fingerprint density at radius 1 is 1.23 bits per heavy atom. The van der Waals surface area contributed by atoms with Crippen LogP contribution in [0.15, 0.2) is 30.6 Å². The Kier molecular flexibility index (Phi) is 4.66. The predicted molar refractivity (Wildman–Crippen MR) is 87.1 cm³/mol. The Hall–Kier alpha value is -2.14. The molecule has 0 unspecified atom stereocenters. The fourth-order valence-corrected chi connectivity index (χ4v) is 2.10. The molecule has 0 aliphatic heterocycles. The number of aromatic nitrogens is 2. The van der Waals surface area contributed by atoms with Gasteiger partial charge in [0.2, 0.25) is 0 Å². The number of carbonyl (C=O) groups excluding carboxylic acids is 1. The fourth-order valence-electron chi connectivity index (χ4n) is 1.87. The molecule has 5 nitrogen and oxygen atoms in total. The van der Waals surface area contributed by atoms with Gasteiger partial charge in [-0.3, -0.25) is 15.3 Å². The highest BCUT2D eigenvalue weighted by atomic mass is 35.5. The van der Waals surface area contributed by atoms with Gasteiger partial charge in [-0.15, -0.1) is 0 Å². The number of amides is 1. The van der Waals surface area contributed by atoms with Crippen LogP contribution in [0.2, 0.25) is 5.02 Å². The third-order valence-electron chi connectivity index (χ3n) is 2.76. The lowest BCUT2D eigenvalue weighted by Gasteiger charge is -2.20. The summed E-state index contributed by atoms with van der Waals surface area (Å²) in [7, 11) is 0. The zero-order chi connectivity index (χ0) is 16.3. The van der Waals surface area contributed by atoms with Crippen LogP contribution in [0.5, 0.6) is 0 Å². The first-order valence-corrected chi connectivity index (χ1v) is 7.21. The SMILES string of the molecule is Cc1nccnc1-c1ccc(NC(=O)OC(C)(C)C)c(Cl)c1. The summed E-state index contributed by atoms with van der Waals surface area (Å²) in [5.41, 5.74) is 2.33. The fraction of sp³-hybridized carbons (Fsp3) is 0.312. The summed E-state index contributed by atoms with van der Waals surface area (Å²) >= 11 is 6.23. The first-order valence-electron chi connectivity index (χ1n) is 6.84. The van der Waals surface area contributed by atoms with Crippen molar-refractivity contribution in [1.82, 2.24) is 9.97 Å². The van der Waals surface area contributed by atoms with Crippen LogP contribution in [0.1, 0.15) is 26.5 Å². The molecule has 0 atom stereocenters. The average Bonchev–Trinajstić information content (AvgIpc) is 2.39. The summed E-state index contributed by atoms with van der Waals surface area (Å²) in [6.45, 7) is 7.28. The van der Waals surface area contributed by atoms with Gasteiger partial charge < -0.3 is 4.74 Å². The van der Waals surface area contributed by atoms with E-state index in [0.717, 1.165) is 17.0 Å². The van der Waals surface area contributed by atoms with Gasteiger partial charge >= 0.3 is 6.09 Å². The van der Waals surface area contributed by atoms with Crippen LogP contribution in [0.4, 0.5) is 10.5 Å². The molecule has 0 saturated heterocycles. The molecule has 0 aliphatic carbocycles. The van der Waals surface area contributed by atoms with Crippen molar-refractivity contribution >= 4 is 23.4 Å². The molecule has 6 heteroatoms. The number of anilines is 1. The zero-order valence-corrected chi connectivity index (χ0v) is 13.7. The first kappa shape index (κ1) is 16.2. The molecule has 0 spiro atoms. The van der Waals surface area contributed by atoms with Gasteiger partial charge in [-0.2, -0.15) is 0 Å². The molecule has 0 saturated carbocycles. The summed E-state index contributed by atoms with van der Waals surface area (Å²) in [5.74, 6) is 0.